The Kier molecular flexibility index (Phi) is 4.39. The van der Waals surface area contributed by atoms with Crippen LogP contribution in [0.2, 0.25) is 0 Å². The Morgan fingerprint density at radius 3 is 2.56 bits per heavy atom. The van der Waals surface area contributed by atoms with Crippen molar-refractivity contribution in [2.75, 3.05) is 13.6 Å². The van der Waals surface area contributed by atoms with Gasteiger partial charge in [-0.15, -0.1) is 0 Å². The largest absolute Gasteiger partial charge is 0.319 e. The van der Waals surface area contributed by atoms with E-state index in [1.165, 1.54) is 37.7 Å². The van der Waals surface area contributed by atoms with Gasteiger partial charge in [-0.3, -0.25) is 0 Å². The van der Waals surface area contributed by atoms with Crippen molar-refractivity contribution < 1.29 is 4.39 Å². The summed E-state index contributed by atoms with van der Waals surface area (Å²) in [6.45, 7) is 3.10. The zero-order chi connectivity index (χ0) is 13.0. The molecule has 1 saturated carbocycles. The van der Waals surface area contributed by atoms with Crippen molar-refractivity contribution >= 4 is 0 Å². The van der Waals surface area contributed by atoms with E-state index >= 15 is 0 Å². The Bertz CT molecular complexity index is 389. The lowest BCUT2D eigenvalue weighted by atomic mass is 9.70. The van der Waals surface area contributed by atoms with E-state index in [0.717, 1.165) is 18.5 Å². The molecule has 1 aromatic rings. The van der Waals surface area contributed by atoms with Gasteiger partial charge in [0, 0.05) is 6.54 Å². The van der Waals surface area contributed by atoms with Crippen molar-refractivity contribution in [1.82, 2.24) is 5.32 Å². The summed E-state index contributed by atoms with van der Waals surface area (Å²) in [5.41, 5.74) is 2.79. The Morgan fingerprint density at radius 2 is 1.94 bits per heavy atom. The Hall–Kier alpha value is -0.890. The molecule has 0 radical (unpaired) electrons. The summed E-state index contributed by atoms with van der Waals surface area (Å²) < 4.78 is 13.2. The predicted molar refractivity (Wildman–Crippen MR) is 74.3 cm³/mol. The van der Waals surface area contributed by atoms with E-state index in [2.05, 4.69) is 5.32 Å². The van der Waals surface area contributed by atoms with Crippen LogP contribution in [0.3, 0.4) is 0 Å². The van der Waals surface area contributed by atoms with Crippen LogP contribution in [0.15, 0.2) is 18.2 Å². The van der Waals surface area contributed by atoms with Gasteiger partial charge in [-0.05, 0) is 61.9 Å². The molecule has 0 spiro atoms. The minimum atomic E-state index is -0.123. The molecule has 1 N–H and O–H groups in total. The quantitative estimate of drug-likeness (QED) is 0.854. The van der Waals surface area contributed by atoms with Crippen LogP contribution in [0.4, 0.5) is 4.39 Å². The van der Waals surface area contributed by atoms with Gasteiger partial charge >= 0.3 is 0 Å². The highest BCUT2D eigenvalue weighted by Crippen LogP contribution is 2.39. The third kappa shape index (κ3) is 3.11. The van der Waals surface area contributed by atoms with E-state index in [1.54, 1.807) is 12.1 Å². The van der Waals surface area contributed by atoms with Crippen molar-refractivity contribution in [3.8, 4) is 0 Å². The molecule has 0 saturated heterocycles. The van der Waals surface area contributed by atoms with Crippen LogP contribution in [-0.2, 0) is 6.42 Å². The Morgan fingerprint density at radius 1 is 1.22 bits per heavy atom. The molecule has 0 aromatic heterocycles. The van der Waals surface area contributed by atoms with Crippen molar-refractivity contribution in [3.05, 3.63) is 35.1 Å². The van der Waals surface area contributed by atoms with Crippen LogP contribution < -0.4 is 5.32 Å². The third-order valence-electron chi connectivity index (χ3n) is 4.34. The fourth-order valence-corrected chi connectivity index (χ4v) is 3.35. The molecule has 1 aromatic carbocycles. The van der Waals surface area contributed by atoms with E-state index in [-0.39, 0.29) is 5.82 Å². The molecular weight excluding hydrogens is 225 g/mol. The number of halogens is 1. The maximum Gasteiger partial charge on any atom is 0.123 e. The molecule has 2 heteroatoms. The first-order chi connectivity index (χ1) is 8.65. The van der Waals surface area contributed by atoms with Crippen LogP contribution >= 0.6 is 0 Å². The lowest BCUT2D eigenvalue weighted by Gasteiger charge is -2.38. The number of hydrogen-bond donors (Lipinski definition) is 1. The van der Waals surface area contributed by atoms with Crippen LogP contribution in [0.1, 0.15) is 43.2 Å². The molecular formula is C16H24FN. The highest BCUT2D eigenvalue weighted by Gasteiger charge is 2.31. The van der Waals surface area contributed by atoms with Crippen LogP contribution in [0.25, 0.3) is 0 Å². The third-order valence-corrected chi connectivity index (χ3v) is 4.34. The Balaban J connectivity index is 2.17. The fraction of sp³-hybridized carbons (Fsp3) is 0.625. The molecule has 1 nitrogen and oxygen atoms in total. The monoisotopic (exact) mass is 249 g/mol. The van der Waals surface area contributed by atoms with Gasteiger partial charge in [-0.1, -0.05) is 25.3 Å². The minimum absolute atomic E-state index is 0.123. The maximum absolute atomic E-state index is 13.2. The summed E-state index contributed by atoms with van der Waals surface area (Å²) in [7, 11) is 2.04. The normalized spacial score (nSPS) is 18.8. The van der Waals surface area contributed by atoms with Gasteiger partial charge in [0.15, 0.2) is 0 Å². The molecule has 0 bridgehead atoms. The molecule has 1 fully saturated rings. The first-order valence-electron chi connectivity index (χ1n) is 7.05. The van der Waals surface area contributed by atoms with E-state index in [4.69, 9.17) is 0 Å². The summed E-state index contributed by atoms with van der Waals surface area (Å²) in [5.74, 6) is -0.123. The number of hydrogen-bond acceptors (Lipinski definition) is 1. The van der Waals surface area contributed by atoms with Gasteiger partial charge in [0.2, 0.25) is 0 Å². The molecule has 0 amide bonds. The summed E-state index contributed by atoms with van der Waals surface area (Å²) in [6, 6.07) is 5.22. The molecule has 1 aliphatic rings. The second-order valence-corrected chi connectivity index (χ2v) is 5.84. The van der Waals surface area contributed by atoms with Crippen LogP contribution in [0.5, 0.6) is 0 Å². The second kappa shape index (κ2) is 5.83. The van der Waals surface area contributed by atoms with Crippen molar-refractivity contribution in [3.63, 3.8) is 0 Å². The first-order valence-corrected chi connectivity index (χ1v) is 7.05. The van der Waals surface area contributed by atoms with E-state index in [9.17, 15) is 4.39 Å². The van der Waals surface area contributed by atoms with E-state index in [0.29, 0.717) is 5.41 Å². The van der Waals surface area contributed by atoms with E-state index < -0.39 is 0 Å². The summed E-state index contributed by atoms with van der Waals surface area (Å²) in [5, 5.41) is 3.36. The molecule has 0 unspecified atom stereocenters. The smallest absolute Gasteiger partial charge is 0.123 e. The summed E-state index contributed by atoms with van der Waals surface area (Å²) in [4.78, 5) is 0. The standard InChI is InChI=1S/C16H24FN/c1-13-10-15(17)7-6-14(13)11-16(12-18-2)8-4-3-5-9-16/h6-7,10,18H,3-5,8-9,11-12H2,1-2H3. The minimum Gasteiger partial charge on any atom is -0.319 e. The predicted octanol–water partition coefficient (Wildman–Crippen LogP) is 3.85. The zero-order valence-electron chi connectivity index (χ0n) is 11.6. The number of benzene rings is 1. The van der Waals surface area contributed by atoms with Gasteiger partial charge in [0.1, 0.15) is 5.82 Å². The van der Waals surface area contributed by atoms with Gasteiger partial charge in [0.25, 0.3) is 0 Å². The topological polar surface area (TPSA) is 12.0 Å². The van der Waals surface area contributed by atoms with Gasteiger partial charge in [0.05, 0.1) is 0 Å². The second-order valence-electron chi connectivity index (χ2n) is 5.84. The fourth-order valence-electron chi connectivity index (χ4n) is 3.35. The molecule has 18 heavy (non-hydrogen) atoms. The lowest BCUT2D eigenvalue weighted by Crippen LogP contribution is -2.36. The molecule has 0 atom stereocenters. The molecule has 0 aliphatic heterocycles. The number of aryl methyl sites for hydroxylation is 1. The van der Waals surface area contributed by atoms with Crippen molar-refractivity contribution in [1.29, 1.82) is 0 Å². The van der Waals surface area contributed by atoms with Gasteiger partial charge < -0.3 is 5.32 Å². The maximum atomic E-state index is 13.2. The average molecular weight is 249 g/mol. The average Bonchev–Trinajstić information content (AvgIpc) is 2.34. The van der Waals surface area contributed by atoms with Gasteiger partial charge in [-0.2, -0.15) is 0 Å². The van der Waals surface area contributed by atoms with E-state index in [1.807, 2.05) is 20.0 Å². The van der Waals surface area contributed by atoms with Gasteiger partial charge in [-0.25, -0.2) is 4.39 Å². The van der Waals surface area contributed by atoms with Crippen LogP contribution in [-0.4, -0.2) is 13.6 Å². The Labute approximate surface area is 110 Å². The van der Waals surface area contributed by atoms with Crippen LogP contribution in [0, 0.1) is 18.2 Å². The SMILES string of the molecule is CNCC1(Cc2ccc(F)cc2C)CCCCC1. The summed E-state index contributed by atoms with van der Waals surface area (Å²) in [6.07, 6.45) is 7.72. The highest BCUT2D eigenvalue weighted by molar-refractivity contribution is 5.28. The zero-order valence-corrected chi connectivity index (χ0v) is 11.6. The highest BCUT2D eigenvalue weighted by atomic mass is 19.1. The van der Waals surface area contributed by atoms with Crippen molar-refractivity contribution in [2.24, 2.45) is 5.41 Å². The number of nitrogens with one attached hydrogen (secondary N) is 1. The molecule has 1 aliphatic carbocycles. The first kappa shape index (κ1) is 13.5. The molecule has 100 valence electrons. The summed E-state index contributed by atoms with van der Waals surface area (Å²) >= 11 is 0. The van der Waals surface area contributed by atoms with Crippen molar-refractivity contribution in [2.45, 2.75) is 45.4 Å². The lowest BCUT2D eigenvalue weighted by molar-refractivity contribution is 0.184. The molecule has 2 rings (SSSR count). The number of rotatable bonds is 4. The molecule has 0 heterocycles.